The molecule has 0 bridgehead atoms. The van der Waals surface area contributed by atoms with Crippen LogP contribution >= 0.6 is 0 Å². The van der Waals surface area contributed by atoms with E-state index in [0.29, 0.717) is 5.56 Å². The van der Waals surface area contributed by atoms with Gasteiger partial charge in [-0.2, -0.15) is 0 Å². The van der Waals surface area contributed by atoms with E-state index in [9.17, 15) is 9.90 Å². The minimum Gasteiger partial charge on any atom is -0.481 e. The molecule has 0 aliphatic rings. The molecule has 0 aromatic heterocycles. The third-order valence-electron chi connectivity index (χ3n) is 2.28. The van der Waals surface area contributed by atoms with E-state index in [0.717, 1.165) is 11.1 Å². The summed E-state index contributed by atoms with van der Waals surface area (Å²) in [6, 6.07) is 5.47. The van der Waals surface area contributed by atoms with Gasteiger partial charge in [0, 0.05) is 0 Å². The zero-order chi connectivity index (χ0) is 10.7. The molecule has 0 heterocycles. The molecule has 3 nitrogen and oxygen atoms in total. The van der Waals surface area contributed by atoms with E-state index in [1.807, 2.05) is 26.0 Å². The van der Waals surface area contributed by atoms with Crippen molar-refractivity contribution < 1.29 is 15.0 Å². The van der Waals surface area contributed by atoms with Crippen LogP contribution in [0.1, 0.15) is 29.2 Å². The molecule has 1 atom stereocenters. The van der Waals surface area contributed by atoms with Gasteiger partial charge in [0.2, 0.25) is 0 Å². The van der Waals surface area contributed by atoms with E-state index in [2.05, 4.69) is 0 Å². The Labute approximate surface area is 83.0 Å². The molecule has 0 fully saturated rings. The molecule has 2 N–H and O–H groups in total. The van der Waals surface area contributed by atoms with Crippen LogP contribution in [0.3, 0.4) is 0 Å². The van der Waals surface area contributed by atoms with Crippen LogP contribution in [0.4, 0.5) is 0 Å². The maximum atomic E-state index is 10.4. The van der Waals surface area contributed by atoms with Crippen LogP contribution in [-0.2, 0) is 4.79 Å². The first-order chi connectivity index (χ1) is 6.50. The van der Waals surface area contributed by atoms with Gasteiger partial charge in [0.1, 0.15) is 0 Å². The summed E-state index contributed by atoms with van der Waals surface area (Å²) in [5.74, 6) is -0.990. The van der Waals surface area contributed by atoms with E-state index >= 15 is 0 Å². The van der Waals surface area contributed by atoms with Gasteiger partial charge >= 0.3 is 5.97 Å². The topological polar surface area (TPSA) is 57.5 Å². The highest BCUT2D eigenvalue weighted by molar-refractivity contribution is 5.67. The van der Waals surface area contributed by atoms with Crippen LogP contribution in [0.2, 0.25) is 0 Å². The standard InChI is InChI=1S/C11H14O3/c1-7-3-4-9(5-8(7)2)10(12)6-11(13)14/h3-5,10,12H,6H2,1-2H3,(H,13,14)/t10-/m1/s1. The van der Waals surface area contributed by atoms with Crippen molar-refractivity contribution >= 4 is 5.97 Å². The van der Waals surface area contributed by atoms with Crippen LogP contribution in [0, 0.1) is 13.8 Å². The second-order valence-electron chi connectivity index (χ2n) is 3.46. The SMILES string of the molecule is Cc1ccc([C@H](O)CC(=O)O)cc1C. The molecule has 0 saturated heterocycles. The molecule has 1 aromatic rings. The van der Waals surface area contributed by atoms with Gasteiger partial charge in [-0.3, -0.25) is 4.79 Å². The molecule has 3 heteroatoms. The lowest BCUT2D eigenvalue weighted by molar-refractivity contribution is -0.139. The Morgan fingerprint density at radius 2 is 2.00 bits per heavy atom. The lowest BCUT2D eigenvalue weighted by atomic mass is 10.0. The monoisotopic (exact) mass is 194 g/mol. The lowest BCUT2D eigenvalue weighted by Crippen LogP contribution is -2.05. The number of aliphatic carboxylic acids is 1. The zero-order valence-electron chi connectivity index (χ0n) is 8.32. The average Bonchev–Trinajstić information content (AvgIpc) is 2.08. The quantitative estimate of drug-likeness (QED) is 0.771. The minimum atomic E-state index is -0.990. The number of hydrogen-bond donors (Lipinski definition) is 2. The molecule has 0 unspecified atom stereocenters. The van der Waals surface area contributed by atoms with Gasteiger partial charge in [0.25, 0.3) is 0 Å². The number of carbonyl (C=O) groups is 1. The molecule has 0 saturated carbocycles. The minimum absolute atomic E-state index is 0.248. The highest BCUT2D eigenvalue weighted by Gasteiger charge is 2.12. The van der Waals surface area contributed by atoms with E-state index in [-0.39, 0.29) is 6.42 Å². The number of carboxylic acid groups (broad SMARTS) is 1. The fourth-order valence-electron chi connectivity index (χ4n) is 1.26. The van der Waals surface area contributed by atoms with Crippen LogP contribution in [0.25, 0.3) is 0 Å². The summed E-state index contributed by atoms with van der Waals surface area (Å²) in [6.45, 7) is 3.91. The lowest BCUT2D eigenvalue weighted by Gasteiger charge is -2.10. The summed E-state index contributed by atoms with van der Waals surface area (Å²) in [5.41, 5.74) is 2.86. The van der Waals surface area contributed by atoms with Crippen LogP contribution in [0.15, 0.2) is 18.2 Å². The Hall–Kier alpha value is -1.35. The Bertz CT molecular complexity index is 344. The average molecular weight is 194 g/mol. The largest absolute Gasteiger partial charge is 0.481 e. The number of benzene rings is 1. The summed E-state index contributed by atoms with van der Waals surface area (Å²) in [6.07, 6.45) is -1.16. The first-order valence-corrected chi connectivity index (χ1v) is 4.47. The number of aliphatic hydroxyl groups is 1. The molecule has 0 aliphatic heterocycles. The molecule has 0 amide bonds. The van der Waals surface area contributed by atoms with Crippen molar-refractivity contribution in [1.82, 2.24) is 0 Å². The van der Waals surface area contributed by atoms with Crippen molar-refractivity contribution in [3.8, 4) is 0 Å². The Kier molecular flexibility index (Phi) is 3.25. The normalized spacial score (nSPS) is 12.5. The number of carboxylic acids is 1. The van der Waals surface area contributed by atoms with Gasteiger partial charge in [-0.25, -0.2) is 0 Å². The highest BCUT2D eigenvalue weighted by Crippen LogP contribution is 2.19. The van der Waals surface area contributed by atoms with Crippen LogP contribution in [-0.4, -0.2) is 16.2 Å². The van der Waals surface area contributed by atoms with Crippen molar-refractivity contribution in [3.05, 3.63) is 34.9 Å². The molecular weight excluding hydrogens is 180 g/mol. The van der Waals surface area contributed by atoms with Crippen molar-refractivity contribution in [2.45, 2.75) is 26.4 Å². The summed E-state index contributed by atoms with van der Waals surface area (Å²) < 4.78 is 0. The fourth-order valence-corrected chi connectivity index (χ4v) is 1.26. The van der Waals surface area contributed by atoms with Crippen molar-refractivity contribution in [1.29, 1.82) is 0 Å². The Morgan fingerprint density at radius 3 is 2.50 bits per heavy atom. The number of hydrogen-bond acceptors (Lipinski definition) is 2. The Morgan fingerprint density at radius 1 is 1.36 bits per heavy atom. The molecule has 14 heavy (non-hydrogen) atoms. The molecule has 1 rings (SSSR count). The van der Waals surface area contributed by atoms with Crippen LogP contribution < -0.4 is 0 Å². The molecule has 0 aliphatic carbocycles. The summed E-state index contributed by atoms with van der Waals surface area (Å²) in [7, 11) is 0. The van der Waals surface area contributed by atoms with Gasteiger partial charge in [-0.1, -0.05) is 18.2 Å². The van der Waals surface area contributed by atoms with Gasteiger partial charge in [0.15, 0.2) is 0 Å². The third-order valence-corrected chi connectivity index (χ3v) is 2.28. The van der Waals surface area contributed by atoms with E-state index in [4.69, 9.17) is 5.11 Å². The highest BCUT2D eigenvalue weighted by atomic mass is 16.4. The fraction of sp³-hybridized carbons (Fsp3) is 0.364. The summed E-state index contributed by atoms with van der Waals surface area (Å²) >= 11 is 0. The van der Waals surface area contributed by atoms with Crippen molar-refractivity contribution in [2.75, 3.05) is 0 Å². The van der Waals surface area contributed by atoms with E-state index in [1.54, 1.807) is 6.07 Å². The van der Waals surface area contributed by atoms with E-state index in [1.165, 1.54) is 0 Å². The number of rotatable bonds is 3. The summed E-state index contributed by atoms with van der Waals surface area (Å²) in [4.78, 5) is 10.4. The van der Waals surface area contributed by atoms with Gasteiger partial charge < -0.3 is 10.2 Å². The first kappa shape index (κ1) is 10.7. The van der Waals surface area contributed by atoms with Gasteiger partial charge in [-0.15, -0.1) is 0 Å². The van der Waals surface area contributed by atoms with Gasteiger partial charge in [0.05, 0.1) is 12.5 Å². The summed E-state index contributed by atoms with van der Waals surface area (Å²) in [5, 5.41) is 18.0. The molecule has 1 aromatic carbocycles. The number of aryl methyl sites for hydroxylation is 2. The smallest absolute Gasteiger partial charge is 0.306 e. The predicted octanol–water partition coefficient (Wildman–Crippen LogP) is 1.81. The first-order valence-electron chi connectivity index (χ1n) is 4.47. The predicted molar refractivity (Wildman–Crippen MR) is 53.1 cm³/mol. The maximum Gasteiger partial charge on any atom is 0.306 e. The third kappa shape index (κ3) is 2.57. The molecule has 0 spiro atoms. The molecule has 0 radical (unpaired) electrons. The second-order valence-corrected chi connectivity index (χ2v) is 3.46. The van der Waals surface area contributed by atoms with Crippen molar-refractivity contribution in [3.63, 3.8) is 0 Å². The second kappa shape index (κ2) is 4.24. The van der Waals surface area contributed by atoms with Crippen molar-refractivity contribution in [2.24, 2.45) is 0 Å². The van der Waals surface area contributed by atoms with E-state index < -0.39 is 12.1 Å². The molecule has 76 valence electrons. The van der Waals surface area contributed by atoms with Gasteiger partial charge in [-0.05, 0) is 30.5 Å². The zero-order valence-corrected chi connectivity index (χ0v) is 8.32. The Balaban J connectivity index is 2.85. The maximum absolute atomic E-state index is 10.4. The van der Waals surface area contributed by atoms with Crippen LogP contribution in [0.5, 0.6) is 0 Å². The number of aliphatic hydroxyl groups excluding tert-OH is 1. The molecular formula is C11H14O3.